The molecule has 0 spiro atoms. The van der Waals surface area contributed by atoms with Gasteiger partial charge in [-0.1, -0.05) is 108 Å². The van der Waals surface area contributed by atoms with Crippen molar-refractivity contribution in [2.45, 2.75) is 105 Å². The topological polar surface area (TPSA) is 175 Å². The van der Waals surface area contributed by atoms with Crippen LogP contribution in [-0.2, 0) is 33.7 Å². The lowest BCUT2D eigenvalue weighted by atomic mass is 9.84. The molecule has 1 aliphatic rings. The molecule has 0 aliphatic carbocycles. The number of carbonyl (C=O) groups excluding carboxylic acids is 4. The molecule has 4 aromatic rings. The summed E-state index contributed by atoms with van der Waals surface area (Å²) in [5.41, 5.74) is 3.62. The largest absolute Gasteiger partial charge is 0.481 e. The summed E-state index contributed by atoms with van der Waals surface area (Å²) >= 11 is 0. The van der Waals surface area contributed by atoms with Crippen molar-refractivity contribution in [1.29, 1.82) is 0 Å². The number of aromatic nitrogens is 2. The van der Waals surface area contributed by atoms with Crippen molar-refractivity contribution < 1.29 is 33.8 Å². The molecule has 1 saturated heterocycles. The van der Waals surface area contributed by atoms with E-state index in [2.05, 4.69) is 25.9 Å². The maximum Gasteiger partial charge on any atom is 0.407 e. The second-order valence-corrected chi connectivity index (χ2v) is 18.2. The molecule has 5 unspecified atom stereocenters. The minimum atomic E-state index is -1.16. The van der Waals surface area contributed by atoms with Crippen LogP contribution in [0.3, 0.4) is 0 Å². The molecule has 5 amide bonds. The SMILES string of the molecule is COC(=O)NC(C(=O)NC(Cc1ccc(-c2cccc(OC)n2)cc1)CC(O)C(Cc1ccccc1)NC(=O)C(N1CCN(Cc2cccc(C)n2)C1=O)C(C)(C)C)C(C)(C)C. The number of alkyl carbamates (subject to hydrolysis) is 1. The average molecular weight is 850 g/mol. The van der Waals surface area contributed by atoms with Gasteiger partial charge in [-0.25, -0.2) is 14.6 Å². The molecule has 2 aromatic carbocycles. The van der Waals surface area contributed by atoms with Crippen molar-refractivity contribution in [2.75, 3.05) is 27.3 Å². The van der Waals surface area contributed by atoms with Crippen molar-refractivity contribution in [3.63, 3.8) is 0 Å². The van der Waals surface area contributed by atoms with Crippen molar-refractivity contribution in [3.8, 4) is 17.1 Å². The van der Waals surface area contributed by atoms with E-state index in [1.165, 1.54) is 7.11 Å². The van der Waals surface area contributed by atoms with Crippen LogP contribution in [0.4, 0.5) is 9.59 Å². The lowest BCUT2D eigenvalue weighted by Crippen LogP contribution is -2.59. The summed E-state index contributed by atoms with van der Waals surface area (Å²) in [5, 5.41) is 21.2. The molecule has 332 valence electrons. The van der Waals surface area contributed by atoms with E-state index in [-0.39, 0.29) is 18.9 Å². The summed E-state index contributed by atoms with van der Waals surface area (Å²) in [4.78, 5) is 67.5. The Labute approximate surface area is 365 Å². The summed E-state index contributed by atoms with van der Waals surface area (Å²) < 4.78 is 10.2. The standard InChI is InChI=1S/C48H63N7O7/c1-31-15-13-18-35(49-31)30-54-25-26-55(46(54)60)42(48(5,6)7)44(58)52-38(28-32-16-11-10-12-17-32)39(56)29-36(50-43(57)41(47(2,3)4)53-45(59)62-9)27-33-21-23-34(24-22-33)37-19-14-20-40(51-37)61-8/h10-24,36,38-39,41-42,56H,25-30H2,1-9H3,(H,50,57)(H,52,58)(H,53,59). The van der Waals surface area contributed by atoms with Gasteiger partial charge in [0.05, 0.1) is 44.3 Å². The lowest BCUT2D eigenvalue weighted by molar-refractivity contribution is -0.131. The summed E-state index contributed by atoms with van der Waals surface area (Å²) in [7, 11) is 2.80. The van der Waals surface area contributed by atoms with Crippen LogP contribution < -0.4 is 20.7 Å². The van der Waals surface area contributed by atoms with E-state index in [9.17, 15) is 24.3 Å². The minimum Gasteiger partial charge on any atom is -0.481 e. The summed E-state index contributed by atoms with van der Waals surface area (Å²) in [6.07, 6.45) is -1.28. The number of pyridine rings is 2. The third kappa shape index (κ3) is 12.8. The van der Waals surface area contributed by atoms with Crippen LogP contribution in [0.1, 0.15) is 70.5 Å². The number of aryl methyl sites for hydroxylation is 1. The average Bonchev–Trinajstić information content (AvgIpc) is 3.56. The minimum absolute atomic E-state index is 0.0396. The molecule has 1 aliphatic heterocycles. The van der Waals surface area contributed by atoms with Crippen LogP contribution in [0.15, 0.2) is 91.0 Å². The molecule has 0 bridgehead atoms. The maximum atomic E-state index is 14.6. The molecule has 62 heavy (non-hydrogen) atoms. The molecular weight excluding hydrogens is 787 g/mol. The number of nitrogens with zero attached hydrogens (tertiary/aromatic N) is 4. The summed E-state index contributed by atoms with van der Waals surface area (Å²) in [6.45, 7) is 14.3. The van der Waals surface area contributed by atoms with Gasteiger partial charge in [0.15, 0.2) is 0 Å². The number of aliphatic hydroxyl groups excluding tert-OH is 1. The van der Waals surface area contributed by atoms with E-state index < -0.39 is 59.0 Å². The summed E-state index contributed by atoms with van der Waals surface area (Å²) in [6, 6.07) is 25.0. The van der Waals surface area contributed by atoms with Gasteiger partial charge in [-0.2, -0.15) is 0 Å². The van der Waals surface area contributed by atoms with Crippen molar-refractivity contribution in [2.24, 2.45) is 10.8 Å². The first kappa shape index (κ1) is 47.0. The number of ether oxygens (including phenoxy) is 2. The molecule has 3 heterocycles. The van der Waals surface area contributed by atoms with E-state index in [0.29, 0.717) is 31.9 Å². The van der Waals surface area contributed by atoms with Crippen molar-refractivity contribution >= 4 is 23.9 Å². The van der Waals surface area contributed by atoms with Gasteiger partial charge in [-0.3, -0.25) is 14.6 Å². The third-order valence-electron chi connectivity index (χ3n) is 11.0. The zero-order chi connectivity index (χ0) is 45.2. The molecule has 14 heteroatoms. The zero-order valence-electron chi connectivity index (χ0n) is 37.5. The van der Waals surface area contributed by atoms with E-state index in [1.807, 2.05) is 133 Å². The highest BCUT2D eigenvalue weighted by Gasteiger charge is 2.44. The third-order valence-corrected chi connectivity index (χ3v) is 11.0. The molecule has 4 N–H and O–H groups in total. The number of amides is 5. The Kier molecular flexibility index (Phi) is 15.7. The van der Waals surface area contributed by atoms with Crippen molar-refractivity contribution in [1.82, 2.24) is 35.7 Å². The van der Waals surface area contributed by atoms with Gasteiger partial charge in [-0.05, 0) is 66.3 Å². The van der Waals surface area contributed by atoms with Gasteiger partial charge in [0.1, 0.15) is 12.1 Å². The first-order chi connectivity index (χ1) is 29.4. The van der Waals surface area contributed by atoms with Crippen LogP contribution in [0.5, 0.6) is 5.88 Å². The van der Waals surface area contributed by atoms with Crippen LogP contribution in [-0.4, -0.2) is 106 Å². The molecule has 1 fully saturated rings. The molecule has 0 saturated carbocycles. The fourth-order valence-corrected chi connectivity index (χ4v) is 7.86. The fraction of sp³-hybridized carbons (Fsp3) is 0.458. The molecule has 14 nitrogen and oxygen atoms in total. The van der Waals surface area contributed by atoms with Crippen LogP contribution in [0.25, 0.3) is 11.3 Å². The smallest absolute Gasteiger partial charge is 0.407 e. The molecule has 2 aromatic heterocycles. The van der Waals surface area contributed by atoms with Gasteiger partial charge in [0, 0.05) is 36.5 Å². The number of hydrogen-bond donors (Lipinski definition) is 4. The Hall–Kier alpha value is -6.02. The number of methoxy groups -OCH3 is 2. The Morgan fingerprint density at radius 3 is 2.06 bits per heavy atom. The molecular formula is C48H63N7O7. The molecule has 5 atom stereocenters. The predicted molar refractivity (Wildman–Crippen MR) is 238 cm³/mol. The van der Waals surface area contributed by atoms with Crippen molar-refractivity contribution in [3.05, 3.63) is 114 Å². The number of aliphatic hydroxyl groups is 1. The van der Waals surface area contributed by atoms with E-state index >= 15 is 0 Å². The second-order valence-electron chi connectivity index (χ2n) is 18.2. The highest BCUT2D eigenvalue weighted by atomic mass is 16.5. The van der Waals surface area contributed by atoms with Gasteiger partial charge in [0.2, 0.25) is 17.7 Å². The maximum absolute atomic E-state index is 14.6. The van der Waals surface area contributed by atoms with Gasteiger partial charge < -0.3 is 40.3 Å². The van der Waals surface area contributed by atoms with Gasteiger partial charge in [-0.15, -0.1) is 0 Å². The highest BCUT2D eigenvalue weighted by molar-refractivity contribution is 5.89. The first-order valence-corrected chi connectivity index (χ1v) is 21.1. The Bertz CT molecular complexity index is 2140. The summed E-state index contributed by atoms with van der Waals surface area (Å²) in [5.74, 6) is -0.349. The zero-order valence-corrected chi connectivity index (χ0v) is 37.5. The predicted octanol–water partition coefficient (Wildman–Crippen LogP) is 6.09. The number of rotatable bonds is 17. The quantitative estimate of drug-likeness (QED) is 0.0981. The number of nitrogens with one attached hydrogen (secondary N) is 3. The first-order valence-electron chi connectivity index (χ1n) is 21.1. The lowest BCUT2D eigenvalue weighted by Gasteiger charge is -2.38. The fourth-order valence-electron chi connectivity index (χ4n) is 7.86. The monoisotopic (exact) mass is 849 g/mol. The normalized spacial score (nSPS) is 15.5. The van der Waals surface area contributed by atoms with E-state index in [0.717, 1.165) is 33.8 Å². The number of benzene rings is 2. The number of urea groups is 1. The molecule has 0 radical (unpaired) electrons. The van der Waals surface area contributed by atoms with Gasteiger partial charge >= 0.3 is 12.1 Å². The highest BCUT2D eigenvalue weighted by Crippen LogP contribution is 2.30. The number of carbonyl (C=O) groups is 4. The second kappa shape index (κ2) is 20.7. The van der Waals surface area contributed by atoms with Crippen LogP contribution >= 0.6 is 0 Å². The molecule has 5 rings (SSSR count). The Morgan fingerprint density at radius 2 is 1.44 bits per heavy atom. The van der Waals surface area contributed by atoms with E-state index in [4.69, 9.17) is 9.47 Å². The van der Waals surface area contributed by atoms with E-state index in [1.54, 1.807) is 23.0 Å². The Morgan fingerprint density at radius 1 is 0.758 bits per heavy atom. The van der Waals surface area contributed by atoms with Gasteiger partial charge in [0.25, 0.3) is 0 Å². The Balaban J connectivity index is 1.42. The van der Waals surface area contributed by atoms with Crippen LogP contribution in [0, 0.1) is 17.8 Å². The van der Waals surface area contributed by atoms with Crippen LogP contribution in [0.2, 0.25) is 0 Å². The number of hydrogen-bond acceptors (Lipinski definition) is 9.